The summed E-state index contributed by atoms with van der Waals surface area (Å²) in [5.41, 5.74) is 4.85. The number of hydrogen-bond donors (Lipinski definition) is 4. The van der Waals surface area contributed by atoms with E-state index in [1.54, 1.807) is 20.8 Å². The van der Waals surface area contributed by atoms with Gasteiger partial charge in [0.25, 0.3) is 0 Å². The van der Waals surface area contributed by atoms with Crippen molar-refractivity contribution in [1.82, 2.24) is 10.6 Å². The van der Waals surface area contributed by atoms with Crippen LogP contribution < -0.4 is 16.4 Å². The zero-order valence-electron chi connectivity index (χ0n) is 23.7. The Bertz CT molecular complexity index is 753. The Morgan fingerprint density at radius 2 is 1.58 bits per heavy atom. The molecule has 0 aliphatic rings. The normalized spacial score (nSPS) is 14.3. The third kappa shape index (κ3) is 24.6. The van der Waals surface area contributed by atoms with Gasteiger partial charge >= 0.3 is 19.9 Å². The highest BCUT2D eigenvalue weighted by Gasteiger charge is 2.21. The molecule has 0 aliphatic carbocycles. The van der Waals surface area contributed by atoms with E-state index in [4.69, 9.17) is 29.0 Å². The van der Waals surface area contributed by atoms with Crippen molar-refractivity contribution < 1.29 is 47.1 Å². The topological polar surface area (TPSA) is 185 Å². The summed E-state index contributed by atoms with van der Waals surface area (Å²) in [6, 6.07) is 0. The van der Waals surface area contributed by atoms with Crippen molar-refractivity contribution in [1.29, 1.82) is 0 Å². The molecule has 2 unspecified atom stereocenters. The van der Waals surface area contributed by atoms with Crippen molar-refractivity contribution in [3.8, 4) is 0 Å². The predicted molar refractivity (Wildman–Crippen MR) is 141 cm³/mol. The largest absolute Gasteiger partial charge is 0.472 e. The van der Waals surface area contributed by atoms with Gasteiger partial charge in [-0.15, -0.1) is 0 Å². The predicted octanol–water partition coefficient (Wildman–Crippen LogP) is 2.79. The minimum Gasteiger partial charge on any atom is -0.463 e. The van der Waals surface area contributed by atoms with Gasteiger partial charge in [0, 0.05) is 31.5 Å². The summed E-state index contributed by atoms with van der Waals surface area (Å²) in [6.45, 7) is 11.0. The number of amides is 2. The second kappa shape index (κ2) is 18.5. The molecule has 0 fully saturated rings. The van der Waals surface area contributed by atoms with Crippen LogP contribution in [0.5, 0.6) is 0 Å². The average molecular weight is 570 g/mol. The molecule has 0 aromatic rings. The van der Waals surface area contributed by atoms with Gasteiger partial charge in [-0.2, -0.15) is 0 Å². The molecule has 14 heteroatoms. The first-order chi connectivity index (χ1) is 17.5. The molecule has 0 aromatic carbocycles. The maximum absolute atomic E-state index is 11.9. The number of unbranched alkanes of at least 4 members (excludes halogenated alkanes) is 2. The van der Waals surface area contributed by atoms with Gasteiger partial charge < -0.3 is 35.5 Å². The molecule has 13 nitrogen and oxygen atoms in total. The van der Waals surface area contributed by atoms with E-state index >= 15 is 0 Å². The van der Waals surface area contributed by atoms with Gasteiger partial charge in [0.15, 0.2) is 0 Å². The van der Waals surface area contributed by atoms with Crippen LogP contribution in [-0.4, -0.2) is 79.6 Å². The lowest BCUT2D eigenvalue weighted by Gasteiger charge is -2.21. The minimum atomic E-state index is -4.34. The van der Waals surface area contributed by atoms with Crippen LogP contribution in [-0.2, 0) is 37.4 Å². The Hall–Kier alpha value is -1.76. The first kappa shape index (κ1) is 36.2. The Kier molecular flexibility index (Phi) is 17.7. The second-order valence-corrected chi connectivity index (χ2v) is 12.0. The summed E-state index contributed by atoms with van der Waals surface area (Å²) < 4.78 is 37.1. The number of nitrogens with one attached hydrogen (secondary N) is 2. The van der Waals surface area contributed by atoms with E-state index in [0.717, 1.165) is 0 Å². The van der Waals surface area contributed by atoms with Crippen LogP contribution in [0.4, 0.5) is 4.79 Å². The lowest BCUT2D eigenvalue weighted by molar-refractivity contribution is -0.144. The molecule has 0 saturated carbocycles. The van der Waals surface area contributed by atoms with Crippen LogP contribution >= 0.6 is 7.82 Å². The van der Waals surface area contributed by atoms with Crippen molar-refractivity contribution in [2.75, 3.05) is 39.5 Å². The average Bonchev–Trinajstić information content (AvgIpc) is 2.77. The van der Waals surface area contributed by atoms with Crippen LogP contribution in [0.15, 0.2) is 0 Å². The van der Waals surface area contributed by atoms with Gasteiger partial charge in [-0.25, -0.2) is 9.36 Å². The SMILES string of the molecule is CC(CCC(=O)NCCOP(=O)(O)OCCOC(=O)CCCCCNC(=O)OC(C)(C)C)OCC(C)(C)N. The van der Waals surface area contributed by atoms with Gasteiger partial charge in [-0.1, -0.05) is 6.42 Å². The Balaban J connectivity index is 3.77. The molecule has 224 valence electrons. The van der Waals surface area contributed by atoms with E-state index in [1.165, 1.54) is 0 Å². The zero-order chi connectivity index (χ0) is 29.2. The van der Waals surface area contributed by atoms with Crippen molar-refractivity contribution in [3.63, 3.8) is 0 Å². The molecule has 2 atom stereocenters. The Labute approximate surface area is 226 Å². The third-order valence-electron chi connectivity index (χ3n) is 4.52. The fourth-order valence-electron chi connectivity index (χ4n) is 2.71. The van der Waals surface area contributed by atoms with Crippen molar-refractivity contribution >= 4 is 25.8 Å². The summed E-state index contributed by atoms with van der Waals surface area (Å²) in [6.07, 6.45) is 2.26. The van der Waals surface area contributed by atoms with E-state index < -0.39 is 31.0 Å². The maximum atomic E-state index is 11.9. The van der Waals surface area contributed by atoms with Crippen LogP contribution in [0.25, 0.3) is 0 Å². The smallest absolute Gasteiger partial charge is 0.463 e. The molecule has 38 heavy (non-hydrogen) atoms. The molecular weight excluding hydrogens is 521 g/mol. The number of phosphoric acid groups is 1. The number of esters is 1. The Morgan fingerprint density at radius 1 is 0.921 bits per heavy atom. The number of nitrogens with two attached hydrogens (primary N) is 1. The van der Waals surface area contributed by atoms with E-state index in [1.807, 2.05) is 20.8 Å². The molecule has 0 bridgehead atoms. The van der Waals surface area contributed by atoms with E-state index in [9.17, 15) is 23.8 Å². The number of phosphoric ester groups is 1. The van der Waals surface area contributed by atoms with Crippen LogP contribution in [0.2, 0.25) is 0 Å². The van der Waals surface area contributed by atoms with Gasteiger partial charge in [0.05, 0.1) is 25.9 Å². The van der Waals surface area contributed by atoms with Crippen molar-refractivity contribution in [3.05, 3.63) is 0 Å². The fraction of sp³-hybridized carbons (Fsp3) is 0.875. The minimum absolute atomic E-state index is 0.0279. The number of hydrogen-bond acceptors (Lipinski definition) is 10. The van der Waals surface area contributed by atoms with E-state index in [2.05, 4.69) is 10.6 Å². The third-order valence-corrected chi connectivity index (χ3v) is 5.54. The number of carbonyl (C=O) groups excluding carboxylic acids is 3. The maximum Gasteiger partial charge on any atom is 0.472 e. The number of carbonyl (C=O) groups is 3. The summed E-state index contributed by atoms with van der Waals surface area (Å²) in [4.78, 5) is 44.8. The Morgan fingerprint density at radius 3 is 2.21 bits per heavy atom. The first-order valence-corrected chi connectivity index (χ1v) is 14.4. The molecule has 0 radical (unpaired) electrons. The van der Waals surface area contributed by atoms with Gasteiger partial charge in [0.1, 0.15) is 12.2 Å². The lowest BCUT2D eigenvalue weighted by Crippen LogP contribution is -2.38. The molecule has 0 heterocycles. The highest BCUT2D eigenvalue weighted by Crippen LogP contribution is 2.42. The van der Waals surface area contributed by atoms with Gasteiger partial charge in [0.2, 0.25) is 5.91 Å². The summed E-state index contributed by atoms with van der Waals surface area (Å²) in [5, 5.41) is 5.22. The van der Waals surface area contributed by atoms with Crippen LogP contribution in [0.1, 0.15) is 80.1 Å². The lowest BCUT2D eigenvalue weighted by atomic mass is 10.1. The quantitative estimate of drug-likeness (QED) is 0.0960. The molecule has 0 aliphatic heterocycles. The fourth-order valence-corrected chi connectivity index (χ4v) is 3.41. The molecule has 2 amide bonds. The molecule has 5 N–H and O–H groups in total. The van der Waals surface area contributed by atoms with Crippen molar-refractivity contribution in [2.45, 2.75) is 97.3 Å². The molecule has 0 aromatic heterocycles. The number of ether oxygens (including phenoxy) is 3. The highest BCUT2D eigenvalue weighted by molar-refractivity contribution is 7.47. The summed E-state index contributed by atoms with van der Waals surface area (Å²) >= 11 is 0. The second-order valence-electron chi connectivity index (χ2n) is 10.6. The van der Waals surface area contributed by atoms with Gasteiger partial charge in [-0.05, 0) is 60.8 Å². The van der Waals surface area contributed by atoms with Gasteiger partial charge in [-0.3, -0.25) is 18.6 Å². The van der Waals surface area contributed by atoms with Crippen molar-refractivity contribution in [2.24, 2.45) is 5.73 Å². The number of rotatable bonds is 20. The van der Waals surface area contributed by atoms with Crippen LogP contribution in [0.3, 0.4) is 0 Å². The van der Waals surface area contributed by atoms with E-state index in [0.29, 0.717) is 38.8 Å². The molecule has 0 rings (SSSR count). The van der Waals surface area contributed by atoms with Crippen LogP contribution in [0, 0.1) is 0 Å². The molecule has 0 saturated heterocycles. The zero-order valence-corrected chi connectivity index (χ0v) is 24.6. The molecule has 0 spiro atoms. The highest BCUT2D eigenvalue weighted by atomic mass is 31.2. The standard InChI is InChI=1S/C24H48N3O10P/c1-19(34-18-24(5,6)25)11-12-20(28)26-14-15-35-38(31,32)36-17-16-33-21(29)10-8-7-9-13-27-22(30)37-23(2,3)4/h19H,7-18,25H2,1-6H3,(H,26,28)(H,27,30)(H,31,32). The summed E-state index contributed by atoms with van der Waals surface area (Å²) in [7, 11) is -4.34. The molecular formula is C24H48N3O10P. The monoisotopic (exact) mass is 569 g/mol. The van der Waals surface area contributed by atoms with E-state index in [-0.39, 0.29) is 51.2 Å². The summed E-state index contributed by atoms with van der Waals surface area (Å²) in [5.74, 6) is -0.701. The number of alkyl carbamates (subject to hydrolysis) is 1. The first-order valence-electron chi connectivity index (χ1n) is 12.9.